The minimum Gasteiger partial charge on any atom is -0.405 e. The van der Waals surface area contributed by atoms with Crippen LogP contribution in [0.5, 0.6) is 0 Å². The standard InChI is InChI=1S/C14H23BF3N/c1-5-15(10-11(2)3)12(4)9-13(7-6-8-19)14(16,17)18/h6-9,11H,5,10,19H2,1-4H3/b8-6+,12-9+,13-7+. The lowest BCUT2D eigenvalue weighted by atomic mass is 9.39. The van der Waals surface area contributed by atoms with Gasteiger partial charge in [-0.1, -0.05) is 52.3 Å². The van der Waals surface area contributed by atoms with E-state index in [1.165, 1.54) is 12.2 Å². The Labute approximate surface area is 114 Å². The topological polar surface area (TPSA) is 26.0 Å². The third kappa shape index (κ3) is 7.14. The summed E-state index contributed by atoms with van der Waals surface area (Å²) in [5.74, 6) is 0.468. The minimum absolute atomic E-state index is 0.188. The summed E-state index contributed by atoms with van der Waals surface area (Å²) in [5, 5.41) is 0. The second-order valence-corrected chi connectivity index (χ2v) is 5.13. The third-order valence-corrected chi connectivity index (χ3v) is 2.99. The lowest BCUT2D eigenvalue weighted by molar-refractivity contribution is -0.0882. The predicted molar refractivity (Wildman–Crippen MR) is 77.1 cm³/mol. The molecule has 0 heterocycles. The average molecular weight is 273 g/mol. The number of allylic oxidation sites excluding steroid dienone is 5. The van der Waals surface area contributed by atoms with Crippen LogP contribution < -0.4 is 5.73 Å². The highest BCUT2D eigenvalue weighted by atomic mass is 19.4. The van der Waals surface area contributed by atoms with Gasteiger partial charge in [0.1, 0.15) is 0 Å². The van der Waals surface area contributed by atoms with Crippen molar-refractivity contribution in [3.05, 3.63) is 35.5 Å². The second kappa shape index (κ2) is 8.13. The number of alkyl halides is 3. The van der Waals surface area contributed by atoms with Gasteiger partial charge in [-0.05, 0) is 18.4 Å². The number of nitrogens with two attached hydrogens (primary N) is 1. The number of hydrogen-bond acceptors (Lipinski definition) is 1. The molecule has 0 aromatic heterocycles. The van der Waals surface area contributed by atoms with E-state index in [4.69, 9.17) is 5.73 Å². The molecule has 0 aliphatic heterocycles. The normalized spacial score (nSPS) is 14.5. The van der Waals surface area contributed by atoms with Crippen LogP contribution in [-0.4, -0.2) is 12.9 Å². The van der Waals surface area contributed by atoms with Crippen LogP contribution in [0.15, 0.2) is 35.5 Å². The fourth-order valence-corrected chi connectivity index (χ4v) is 1.99. The summed E-state index contributed by atoms with van der Waals surface area (Å²) in [5.41, 5.74) is 5.20. The summed E-state index contributed by atoms with van der Waals surface area (Å²) < 4.78 is 38.5. The van der Waals surface area contributed by atoms with Crippen LogP contribution in [-0.2, 0) is 0 Å². The van der Waals surface area contributed by atoms with Crippen molar-refractivity contribution in [2.45, 2.75) is 46.5 Å². The van der Waals surface area contributed by atoms with Crippen molar-refractivity contribution >= 4 is 6.71 Å². The van der Waals surface area contributed by atoms with Gasteiger partial charge in [-0.25, -0.2) is 0 Å². The Morgan fingerprint density at radius 1 is 1.32 bits per heavy atom. The fraction of sp³-hybridized carbons (Fsp3) is 0.571. The summed E-state index contributed by atoms with van der Waals surface area (Å²) in [6, 6.07) is 0. The van der Waals surface area contributed by atoms with E-state index in [1.807, 2.05) is 6.92 Å². The van der Waals surface area contributed by atoms with Gasteiger partial charge in [0.25, 0.3) is 0 Å². The molecule has 108 valence electrons. The molecule has 19 heavy (non-hydrogen) atoms. The molecule has 1 nitrogen and oxygen atoms in total. The molecule has 0 aliphatic rings. The monoisotopic (exact) mass is 273 g/mol. The molecule has 0 rings (SSSR count). The first kappa shape index (κ1) is 17.9. The molecule has 2 N–H and O–H groups in total. The fourth-order valence-electron chi connectivity index (χ4n) is 1.99. The van der Waals surface area contributed by atoms with Gasteiger partial charge in [0.2, 0.25) is 0 Å². The first-order chi connectivity index (χ1) is 8.72. The summed E-state index contributed by atoms with van der Waals surface area (Å²) in [6.45, 7) is 8.11. The van der Waals surface area contributed by atoms with Gasteiger partial charge in [0.15, 0.2) is 6.71 Å². The molecule has 0 aromatic rings. The maximum atomic E-state index is 12.8. The highest BCUT2D eigenvalue weighted by Crippen LogP contribution is 2.29. The van der Waals surface area contributed by atoms with Crippen LogP contribution in [0.2, 0.25) is 12.6 Å². The summed E-state index contributed by atoms with van der Waals surface area (Å²) >= 11 is 0. The van der Waals surface area contributed by atoms with Gasteiger partial charge < -0.3 is 5.73 Å². The number of rotatable bonds is 6. The molecular weight excluding hydrogens is 250 g/mol. The van der Waals surface area contributed by atoms with E-state index in [2.05, 4.69) is 13.8 Å². The van der Waals surface area contributed by atoms with Crippen molar-refractivity contribution in [3.63, 3.8) is 0 Å². The van der Waals surface area contributed by atoms with Crippen LogP contribution in [0.25, 0.3) is 0 Å². The van der Waals surface area contributed by atoms with Crippen LogP contribution in [0.3, 0.4) is 0 Å². The van der Waals surface area contributed by atoms with Gasteiger partial charge in [0, 0.05) is 0 Å². The molecule has 0 spiro atoms. The minimum atomic E-state index is -4.35. The Balaban J connectivity index is 5.22. The molecule has 0 amide bonds. The van der Waals surface area contributed by atoms with Gasteiger partial charge in [0.05, 0.1) is 5.57 Å². The second-order valence-electron chi connectivity index (χ2n) is 5.13. The van der Waals surface area contributed by atoms with Crippen molar-refractivity contribution in [1.82, 2.24) is 0 Å². The van der Waals surface area contributed by atoms with Crippen molar-refractivity contribution in [1.29, 1.82) is 0 Å². The lowest BCUT2D eigenvalue weighted by Gasteiger charge is -2.16. The maximum Gasteiger partial charge on any atom is 0.416 e. The number of halogens is 3. The van der Waals surface area contributed by atoms with Crippen LogP contribution in [0.4, 0.5) is 13.2 Å². The Kier molecular flexibility index (Phi) is 7.65. The first-order valence-electron chi connectivity index (χ1n) is 6.56. The summed E-state index contributed by atoms with van der Waals surface area (Å²) in [4.78, 5) is 0. The van der Waals surface area contributed by atoms with Crippen molar-refractivity contribution < 1.29 is 13.2 Å². The van der Waals surface area contributed by atoms with Gasteiger partial charge in [-0.3, -0.25) is 0 Å². The van der Waals surface area contributed by atoms with Crippen molar-refractivity contribution in [2.24, 2.45) is 11.7 Å². The molecule has 0 radical (unpaired) electrons. The zero-order chi connectivity index (χ0) is 15.1. The first-order valence-corrected chi connectivity index (χ1v) is 6.56. The largest absolute Gasteiger partial charge is 0.416 e. The molecule has 0 unspecified atom stereocenters. The molecule has 0 atom stereocenters. The molecule has 0 aromatic carbocycles. The molecule has 0 bridgehead atoms. The Morgan fingerprint density at radius 3 is 2.26 bits per heavy atom. The van der Waals surface area contributed by atoms with E-state index in [9.17, 15) is 13.2 Å². The van der Waals surface area contributed by atoms with Crippen LogP contribution >= 0.6 is 0 Å². The lowest BCUT2D eigenvalue weighted by Crippen LogP contribution is -2.18. The highest BCUT2D eigenvalue weighted by molar-refractivity contribution is 6.66. The predicted octanol–water partition coefficient (Wildman–Crippen LogP) is 4.60. The Hall–Kier alpha value is -1.13. The Morgan fingerprint density at radius 2 is 1.89 bits per heavy atom. The molecule has 5 heteroatoms. The molecule has 0 saturated heterocycles. The van der Waals surface area contributed by atoms with E-state index < -0.39 is 11.7 Å². The summed E-state index contributed by atoms with van der Waals surface area (Å²) in [6.07, 6.45) is 1.93. The zero-order valence-electron chi connectivity index (χ0n) is 12.1. The van der Waals surface area contributed by atoms with E-state index in [-0.39, 0.29) is 6.71 Å². The van der Waals surface area contributed by atoms with Gasteiger partial charge in [-0.15, -0.1) is 5.47 Å². The van der Waals surface area contributed by atoms with Crippen molar-refractivity contribution in [2.75, 3.05) is 0 Å². The zero-order valence-corrected chi connectivity index (χ0v) is 12.1. The smallest absolute Gasteiger partial charge is 0.405 e. The molecule has 0 aliphatic carbocycles. The van der Waals surface area contributed by atoms with E-state index in [0.717, 1.165) is 30.4 Å². The number of hydrogen-bond donors (Lipinski definition) is 1. The molecule has 0 saturated carbocycles. The van der Waals surface area contributed by atoms with E-state index in [0.29, 0.717) is 5.92 Å². The highest BCUT2D eigenvalue weighted by Gasteiger charge is 2.32. The molecule has 0 fully saturated rings. The summed E-state index contributed by atoms with van der Waals surface area (Å²) in [7, 11) is 0. The van der Waals surface area contributed by atoms with Gasteiger partial charge in [-0.2, -0.15) is 13.2 Å². The van der Waals surface area contributed by atoms with E-state index >= 15 is 0 Å². The Bertz CT molecular complexity index is 354. The third-order valence-electron chi connectivity index (χ3n) is 2.99. The SMILES string of the molecule is CCB(CC(C)C)/C(C)=C/C(=C\C=C\N)C(F)(F)F. The van der Waals surface area contributed by atoms with E-state index in [1.54, 1.807) is 6.92 Å². The van der Waals surface area contributed by atoms with Gasteiger partial charge >= 0.3 is 6.18 Å². The quantitative estimate of drug-likeness (QED) is 0.555. The van der Waals surface area contributed by atoms with Crippen molar-refractivity contribution in [3.8, 4) is 0 Å². The average Bonchev–Trinajstić information content (AvgIpc) is 2.29. The molecular formula is C14H23BF3N. The maximum absolute atomic E-state index is 12.8. The van der Waals surface area contributed by atoms with Crippen LogP contribution in [0, 0.1) is 5.92 Å². The van der Waals surface area contributed by atoms with Crippen LogP contribution in [0.1, 0.15) is 27.7 Å².